The Morgan fingerprint density at radius 1 is 0.759 bits per heavy atom. The van der Waals surface area contributed by atoms with Crippen LogP contribution in [0.5, 0.6) is 0 Å². The lowest BCUT2D eigenvalue weighted by Crippen LogP contribution is -2.14. The van der Waals surface area contributed by atoms with E-state index < -0.39 is 0 Å². The molecule has 0 bridgehead atoms. The first-order chi connectivity index (χ1) is 14.2. The smallest absolute Gasteiger partial charge is 0.306 e. The number of carbonyl (C=O) groups excluding carboxylic acids is 1. The molecule has 0 N–H and O–H groups in total. The van der Waals surface area contributed by atoms with Crippen molar-refractivity contribution in [1.29, 1.82) is 0 Å². The molecule has 0 heterocycles. The minimum absolute atomic E-state index is 0.00212. The summed E-state index contributed by atoms with van der Waals surface area (Å²) in [7, 11) is 0. The summed E-state index contributed by atoms with van der Waals surface area (Å²) in [5.74, 6) is -0.00212. The first kappa shape index (κ1) is 25.7. The van der Waals surface area contributed by atoms with Crippen LogP contribution >= 0.6 is 0 Å². The molecular formula is C27H46O2. The molecule has 2 nitrogen and oxygen atoms in total. The summed E-state index contributed by atoms with van der Waals surface area (Å²) in [5.41, 5.74) is 1.43. The zero-order valence-corrected chi connectivity index (χ0v) is 19.3. The van der Waals surface area contributed by atoms with Gasteiger partial charge in [0.2, 0.25) is 0 Å². The van der Waals surface area contributed by atoms with Crippen LogP contribution < -0.4 is 0 Å². The SMILES string of the molecule is CCCCCCCCCCC[C@H](C)OC(=O)CCCCCCCc1ccccc1. The third-order valence-corrected chi connectivity index (χ3v) is 5.74. The zero-order chi connectivity index (χ0) is 21.0. The molecule has 1 aromatic carbocycles. The molecule has 0 saturated heterocycles. The van der Waals surface area contributed by atoms with Crippen molar-refractivity contribution in [3.63, 3.8) is 0 Å². The number of benzene rings is 1. The Balaban J connectivity index is 1.86. The van der Waals surface area contributed by atoms with Crippen LogP contribution in [0.15, 0.2) is 30.3 Å². The van der Waals surface area contributed by atoms with Crippen LogP contribution in [0, 0.1) is 0 Å². The van der Waals surface area contributed by atoms with E-state index in [4.69, 9.17) is 4.74 Å². The second kappa shape index (κ2) is 18.7. The van der Waals surface area contributed by atoms with E-state index in [0.29, 0.717) is 6.42 Å². The molecule has 0 aliphatic carbocycles. The standard InChI is InChI=1S/C27H46O2/c1-3-4-5-6-7-8-9-11-15-20-25(2)29-27(28)24-19-13-10-12-16-21-26-22-17-14-18-23-26/h14,17-18,22-23,25H,3-13,15-16,19-21,24H2,1-2H3/t25-/m0/s1. The largest absolute Gasteiger partial charge is 0.463 e. The number of carbonyl (C=O) groups is 1. The quantitative estimate of drug-likeness (QED) is 0.171. The fourth-order valence-corrected chi connectivity index (χ4v) is 3.86. The van der Waals surface area contributed by atoms with E-state index in [-0.39, 0.29) is 12.1 Å². The second-order valence-corrected chi connectivity index (χ2v) is 8.67. The molecule has 0 aliphatic rings. The van der Waals surface area contributed by atoms with Crippen molar-refractivity contribution in [1.82, 2.24) is 0 Å². The van der Waals surface area contributed by atoms with Gasteiger partial charge < -0.3 is 4.74 Å². The Hall–Kier alpha value is -1.31. The molecule has 29 heavy (non-hydrogen) atoms. The second-order valence-electron chi connectivity index (χ2n) is 8.67. The van der Waals surface area contributed by atoms with E-state index in [1.54, 1.807) is 0 Å². The number of unbranched alkanes of at least 4 members (excludes halogenated alkanes) is 12. The van der Waals surface area contributed by atoms with Crippen LogP contribution in [-0.2, 0) is 16.0 Å². The van der Waals surface area contributed by atoms with Crippen LogP contribution in [-0.4, -0.2) is 12.1 Å². The lowest BCUT2D eigenvalue weighted by Gasteiger charge is -2.13. The van der Waals surface area contributed by atoms with Gasteiger partial charge in [0, 0.05) is 6.42 Å². The van der Waals surface area contributed by atoms with Gasteiger partial charge >= 0.3 is 5.97 Å². The highest BCUT2D eigenvalue weighted by Gasteiger charge is 2.09. The third-order valence-electron chi connectivity index (χ3n) is 5.74. The van der Waals surface area contributed by atoms with E-state index in [2.05, 4.69) is 37.3 Å². The summed E-state index contributed by atoms with van der Waals surface area (Å²) in [6, 6.07) is 10.7. The van der Waals surface area contributed by atoms with Gasteiger partial charge in [-0.1, -0.05) is 108 Å². The Labute approximate surface area is 180 Å². The highest BCUT2D eigenvalue weighted by atomic mass is 16.5. The predicted octanol–water partition coefficient (Wildman–Crippen LogP) is 8.42. The number of hydrogen-bond donors (Lipinski definition) is 0. The molecule has 1 rings (SSSR count). The van der Waals surface area contributed by atoms with Gasteiger partial charge in [0.15, 0.2) is 0 Å². The predicted molar refractivity (Wildman–Crippen MR) is 125 cm³/mol. The van der Waals surface area contributed by atoms with Gasteiger partial charge in [-0.3, -0.25) is 4.79 Å². The number of esters is 1. The average molecular weight is 403 g/mol. The number of rotatable bonds is 19. The molecule has 0 fully saturated rings. The van der Waals surface area contributed by atoms with E-state index >= 15 is 0 Å². The lowest BCUT2D eigenvalue weighted by molar-refractivity contribution is -0.148. The minimum Gasteiger partial charge on any atom is -0.463 e. The Bertz CT molecular complexity index is 483. The molecule has 0 unspecified atom stereocenters. The first-order valence-corrected chi connectivity index (χ1v) is 12.5. The summed E-state index contributed by atoms with van der Waals surface area (Å²) in [4.78, 5) is 12.0. The summed E-state index contributed by atoms with van der Waals surface area (Å²) in [6.45, 7) is 4.31. The van der Waals surface area contributed by atoms with Gasteiger partial charge in [-0.25, -0.2) is 0 Å². The summed E-state index contributed by atoms with van der Waals surface area (Å²) < 4.78 is 5.57. The summed E-state index contributed by atoms with van der Waals surface area (Å²) >= 11 is 0. The Morgan fingerprint density at radius 3 is 1.97 bits per heavy atom. The zero-order valence-electron chi connectivity index (χ0n) is 19.3. The molecule has 0 radical (unpaired) electrons. The van der Waals surface area contributed by atoms with Crippen LogP contribution in [0.3, 0.4) is 0 Å². The molecule has 0 spiro atoms. The fourth-order valence-electron chi connectivity index (χ4n) is 3.86. The first-order valence-electron chi connectivity index (χ1n) is 12.5. The van der Waals surface area contributed by atoms with Gasteiger partial charge in [0.25, 0.3) is 0 Å². The van der Waals surface area contributed by atoms with E-state index in [9.17, 15) is 4.79 Å². The Kier molecular flexibility index (Phi) is 16.6. The van der Waals surface area contributed by atoms with E-state index in [1.807, 2.05) is 6.92 Å². The molecule has 1 aromatic rings. The molecule has 2 heteroatoms. The van der Waals surface area contributed by atoms with Crippen molar-refractivity contribution in [2.75, 3.05) is 0 Å². The van der Waals surface area contributed by atoms with Crippen LogP contribution in [0.1, 0.15) is 122 Å². The molecule has 166 valence electrons. The molecule has 0 amide bonds. The number of aryl methyl sites for hydroxylation is 1. The van der Waals surface area contributed by atoms with Gasteiger partial charge in [0.05, 0.1) is 6.10 Å². The van der Waals surface area contributed by atoms with Gasteiger partial charge in [-0.15, -0.1) is 0 Å². The fraction of sp³-hybridized carbons (Fsp3) is 0.741. The topological polar surface area (TPSA) is 26.3 Å². The van der Waals surface area contributed by atoms with Crippen molar-refractivity contribution in [3.05, 3.63) is 35.9 Å². The maximum absolute atomic E-state index is 12.0. The maximum atomic E-state index is 12.0. The average Bonchev–Trinajstić information content (AvgIpc) is 2.72. The van der Waals surface area contributed by atoms with Crippen molar-refractivity contribution >= 4 is 5.97 Å². The molecular weight excluding hydrogens is 356 g/mol. The highest BCUT2D eigenvalue weighted by molar-refractivity contribution is 5.69. The van der Waals surface area contributed by atoms with E-state index in [0.717, 1.165) is 19.3 Å². The van der Waals surface area contributed by atoms with Crippen molar-refractivity contribution in [2.45, 2.75) is 129 Å². The monoisotopic (exact) mass is 402 g/mol. The molecule has 0 aliphatic heterocycles. The molecule has 0 saturated carbocycles. The van der Waals surface area contributed by atoms with Crippen molar-refractivity contribution in [3.8, 4) is 0 Å². The number of hydrogen-bond acceptors (Lipinski definition) is 2. The lowest BCUT2D eigenvalue weighted by atomic mass is 10.0. The van der Waals surface area contributed by atoms with Crippen LogP contribution in [0.4, 0.5) is 0 Å². The van der Waals surface area contributed by atoms with Gasteiger partial charge in [-0.2, -0.15) is 0 Å². The van der Waals surface area contributed by atoms with Crippen molar-refractivity contribution < 1.29 is 9.53 Å². The molecule has 1 atom stereocenters. The summed E-state index contributed by atoms with van der Waals surface area (Å²) in [6.07, 6.45) is 20.7. The van der Waals surface area contributed by atoms with Crippen molar-refractivity contribution in [2.24, 2.45) is 0 Å². The minimum atomic E-state index is -0.00212. The normalized spacial score (nSPS) is 12.1. The third kappa shape index (κ3) is 16.2. The van der Waals surface area contributed by atoms with Crippen LogP contribution in [0.25, 0.3) is 0 Å². The molecule has 0 aromatic heterocycles. The highest BCUT2D eigenvalue weighted by Crippen LogP contribution is 2.14. The number of ether oxygens (including phenoxy) is 1. The van der Waals surface area contributed by atoms with Crippen LogP contribution in [0.2, 0.25) is 0 Å². The summed E-state index contributed by atoms with van der Waals surface area (Å²) in [5, 5.41) is 0. The van der Waals surface area contributed by atoms with Gasteiger partial charge in [0.1, 0.15) is 0 Å². The van der Waals surface area contributed by atoms with Gasteiger partial charge in [-0.05, 0) is 44.6 Å². The van der Waals surface area contributed by atoms with E-state index in [1.165, 1.54) is 89.0 Å². The Morgan fingerprint density at radius 2 is 1.31 bits per heavy atom. The maximum Gasteiger partial charge on any atom is 0.306 e.